The molecule has 25 heavy (non-hydrogen) atoms. The Hall–Kier alpha value is -2.14. The van der Waals surface area contributed by atoms with Gasteiger partial charge in [-0.25, -0.2) is 4.98 Å². The predicted octanol–water partition coefficient (Wildman–Crippen LogP) is 3.10. The van der Waals surface area contributed by atoms with Crippen molar-refractivity contribution >= 4 is 5.82 Å². The molecule has 0 unspecified atom stereocenters. The number of ether oxygens (including phenoxy) is 2. The number of methoxy groups -OCH3 is 1. The third-order valence-corrected chi connectivity index (χ3v) is 5.81. The summed E-state index contributed by atoms with van der Waals surface area (Å²) in [6.07, 6.45) is 10.1. The average molecular weight is 339 g/mol. The van der Waals surface area contributed by atoms with Gasteiger partial charge in [-0.05, 0) is 43.4 Å². The van der Waals surface area contributed by atoms with Crippen LogP contribution in [0.4, 0.5) is 5.82 Å². The molecule has 3 heterocycles. The van der Waals surface area contributed by atoms with Crippen molar-refractivity contribution in [3.8, 4) is 5.75 Å². The summed E-state index contributed by atoms with van der Waals surface area (Å²) in [6.45, 7) is 2.94. The summed E-state index contributed by atoms with van der Waals surface area (Å²) in [5.74, 6) is 1.89. The molecule has 2 aromatic rings. The third-order valence-electron chi connectivity index (χ3n) is 5.81. The number of nitrogens with zero attached hydrogens (tertiary/aromatic N) is 3. The smallest absolute Gasteiger partial charge is 0.147 e. The second kappa shape index (κ2) is 7.00. The summed E-state index contributed by atoms with van der Waals surface area (Å²) >= 11 is 0. The van der Waals surface area contributed by atoms with Crippen molar-refractivity contribution in [2.45, 2.75) is 31.8 Å². The van der Waals surface area contributed by atoms with Gasteiger partial charge in [0.2, 0.25) is 0 Å². The first-order chi connectivity index (χ1) is 12.3. The lowest BCUT2D eigenvalue weighted by Crippen LogP contribution is -2.45. The Morgan fingerprint density at radius 1 is 1.16 bits per heavy atom. The highest BCUT2D eigenvalue weighted by molar-refractivity contribution is 5.36. The molecule has 1 aromatic heterocycles. The maximum atomic E-state index is 6.17. The minimum Gasteiger partial charge on any atom is -0.497 e. The number of benzene rings is 1. The Balaban J connectivity index is 1.42. The van der Waals surface area contributed by atoms with Crippen molar-refractivity contribution in [1.29, 1.82) is 0 Å². The molecule has 132 valence electrons. The zero-order valence-corrected chi connectivity index (χ0v) is 14.7. The monoisotopic (exact) mass is 339 g/mol. The summed E-state index contributed by atoms with van der Waals surface area (Å²) in [6, 6.07) is 8.38. The molecule has 1 aromatic carbocycles. The molecule has 1 spiro atoms. The minimum absolute atomic E-state index is 0.304. The first kappa shape index (κ1) is 16.3. The Bertz CT molecular complexity index is 682. The Kier molecular flexibility index (Phi) is 4.57. The molecule has 0 bridgehead atoms. The number of hydrogen-bond donors (Lipinski definition) is 0. The molecule has 4 rings (SSSR count). The topological polar surface area (TPSA) is 47.5 Å². The second-order valence-corrected chi connectivity index (χ2v) is 7.07. The van der Waals surface area contributed by atoms with Crippen LogP contribution in [0.2, 0.25) is 0 Å². The maximum Gasteiger partial charge on any atom is 0.147 e. The molecule has 1 atom stereocenters. The van der Waals surface area contributed by atoms with Crippen molar-refractivity contribution in [1.82, 2.24) is 9.97 Å². The second-order valence-electron chi connectivity index (χ2n) is 7.07. The van der Waals surface area contributed by atoms with Crippen LogP contribution in [0.5, 0.6) is 5.75 Å². The van der Waals surface area contributed by atoms with Crippen LogP contribution in [0.1, 0.15) is 24.8 Å². The number of anilines is 1. The molecule has 2 aliphatic heterocycles. The van der Waals surface area contributed by atoms with Gasteiger partial charge in [-0.1, -0.05) is 12.1 Å². The maximum absolute atomic E-state index is 6.17. The largest absolute Gasteiger partial charge is 0.497 e. The van der Waals surface area contributed by atoms with Crippen molar-refractivity contribution in [3.63, 3.8) is 0 Å². The van der Waals surface area contributed by atoms with E-state index in [1.165, 1.54) is 12.0 Å². The van der Waals surface area contributed by atoms with Gasteiger partial charge in [-0.3, -0.25) is 4.98 Å². The molecule has 5 nitrogen and oxygen atoms in total. The van der Waals surface area contributed by atoms with Gasteiger partial charge in [0.15, 0.2) is 0 Å². The number of piperidine rings is 1. The highest BCUT2D eigenvalue weighted by atomic mass is 16.5. The number of aromatic nitrogens is 2. The van der Waals surface area contributed by atoms with Crippen LogP contribution in [0.3, 0.4) is 0 Å². The van der Waals surface area contributed by atoms with E-state index in [-0.39, 0.29) is 0 Å². The first-order valence-electron chi connectivity index (χ1n) is 9.05. The van der Waals surface area contributed by atoms with E-state index in [1.54, 1.807) is 19.5 Å². The lowest BCUT2D eigenvalue weighted by Gasteiger charge is -2.42. The fourth-order valence-corrected chi connectivity index (χ4v) is 4.20. The van der Waals surface area contributed by atoms with Crippen molar-refractivity contribution in [2.24, 2.45) is 5.41 Å². The normalized spacial score (nSPS) is 22.3. The van der Waals surface area contributed by atoms with Gasteiger partial charge >= 0.3 is 0 Å². The van der Waals surface area contributed by atoms with Gasteiger partial charge in [-0.2, -0.15) is 0 Å². The Morgan fingerprint density at radius 3 is 2.64 bits per heavy atom. The van der Waals surface area contributed by atoms with Crippen LogP contribution in [0.25, 0.3) is 0 Å². The lowest BCUT2D eigenvalue weighted by molar-refractivity contribution is 0.0357. The van der Waals surface area contributed by atoms with Crippen LogP contribution in [-0.4, -0.2) is 42.9 Å². The van der Waals surface area contributed by atoms with Crippen molar-refractivity contribution in [2.75, 3.05) is 31.7 Å². The van der Waals surface area contributed by atoms with Gasteiger partial charge in [0.05, 0.1) is 19.4 Å². The number of hydrogen-bond acceptors (Lipinski definition) is 5. The van der Waals surface area contributed by atoms with Gasteiger partial charge < -0.3 is 14.4 Å². The lowest BCUT2D eigenvalue weighted by atomic mass is 9.71. The molecule has 2 fully saturated rings. The highest BCUT2D eigenvalue weighted by Crippen LogP contribution is 2.45. The van der Waals surface area contributed by atoms with Crippen LogP contribution >= 0.6 is 0 Å². The predicted molar refractivity (Wildman–Crippen MR) is 97.0 cm³/mol. The van der Waals surface area contributed by atoms with Gasteiger partial charge in [0.25, 0.3) is 0 Å². The minimum atomic E-state index is 0.304. The molecule has 0 N–H and O–H groups in total. The quantitative estimate of drug-likeness (QED) is 0.856. The van der Waals surface area contributed by atoms with Crippen LogP contribution in [-0.2, 0) is 11.2 Å². The van der Waals surface area contributed by atoms with Crippen molar-refractivity contribution in [3.05, 3.63) is 48.4 Å². The van der Waals surface area contributed by atoms with Gasteiger partial charge in [-0.15, -0.1) is 0 Å². The van der Waals surface area contributed by atoms with E-state index in [4.69, 9.17) is 9.47 Å². The van der Waals surface area contributed by atoms with E-state index in [0.29, 0.717) is 11.5 Å². The zero-order valence-electron chi connectivity index (χ0n) is 14.7. The molecule has 0 saturated carbocycles. The number of rotatable bonds is 4. The molecule has 0 aliphatic carbocycles. The molecule has 0 amide bonds. The van der Waals surface area contributed by atoms with E-state index < -0.39 is 0 Å². The Morgan fingerprint density at radius 2 is 1.96 bits per heavy atom. The summed E-state index contributed by atoms with van der Waals surface area (Å²) in [4.78, 5) is 11.0. The third kappa shape index (κ3) is 3.33. The van der Waals surface area contributed by atoms with Crippen LogP contribution < -0.4 is 9.64 Å². The van der Waals surface area contributed by atoms with Crippen LogP contribution in [0.15, 0.2) is 42.9 Å². The summed E-state index contributed by atoms with van der Waals surface area (Å²) < 4.78 is 11.4. The summed E-state index contributed by atoms with van der Waals surface area (Å²) in [7, 11) is 1.70. The molecule has 0 radical (unpaired) electrons. The first-order valence-corrected chi connectivity index (χ1v) is 9.05. The van der Waals surface area contributed by atoms with E-state index in [1.807, 2.05) is 18.3 Å². The molecule has 5 heteroatoms. The standard InChI is InChI=1S/C20H25N3O2/c1-24-17-4-2-16(3-5-17)14-18-20(8-13-25-18)6-11-23(12-7-20)19-15-21-9-10-22-19/h2-5,9-10,15,18H,6-8,11-14H2,1H3/t18-/m1/s1. The molecule has 2 saturated heterocycles. The van der Waals surface area contributed by atoms with Gasteiger partial charge in [0, 0.05) is 37.5 Å². The SMILES string of the molecule is COc1ccc(C[C@H]2OCCC23CCN(c2cnccn2)CC3)cc1. The average Bonchev–Trinajstić information content (AvgIpc) is 3.05. The Labute approximate surface area is 149 Å². The fourth-order valence-electron chi connectivity index (χ4n) is 4.20. The van der Waals surface area contributed by atoms with E-state index >= 15 is 0 Å². The van der Waals surface area contributed by atoms with Gasteiger partial charge in [0.1, 0.15) is 11.6 Å². The van der Waals surface area contributed by atoms with Crippen molar-refractivity contribution < 1.29 is 9.47 Å². The van der Waals surface area contributed by atoms with E-state index in [9.17, 15) is 0 Å². The molecule has 2 aliphatic rings. The highest BCUT2D eigenvalue weighted by Gasteiger charge is 2.45. The fraction of sp³-hybridized carbons (Fsp3) is 0.500. The summed E-state index contributed by atoms with van der Waals surface area (Å²) in [5, 5.41) is 0. The zero-order chi connectivity index (χ0) is 17.1. The molecular weight excluding hydrogens is 314 g/mol. The van der Waals surface area contributed by atoms with E-state index in [2.05, 4.69) is 27.0 Å². The summed E-state index contributed by atoms with van der Waals surface area (Å²) in [5.41, 5.74) is 1.63. The molecular formula is C20H25N3O2. The van der Waals surface area contributed by atoms with E-state index in [0.717, 1.165) is 50.5 Å². The van der Waals surface area contributed by atoms with Crippen LogP contribution in [0, 0.1) is 5.41 Å².